The second-order valence-electron chi connectivity index (χ2n) is 7.29. The third kappa shape index (κ3) is 2.07. The molecule has 0 aromatic heterocycles. The van der Waals surface area contributed by atoms with Gasteiger partial charge in [0.2, 0.25) is 0 Å². The molecular weight excluding hydrogens is 338 g/mol. The fourth-order valence-corrected chi connectivity index (χ4v) is 4.05. The van der Waals surface area contributed by atoms with E-state index in [4.69, 9.17) is 9.47 Å². The van der Waals surface area contributed by atoms with E-state index in [9.17, 15) is 4.79 Å². The van der Waals surface area contributed by atoms with E-state index in [0.717, 1.165) is 27.9 Å². The molecule has 1 atom stereocenters. The summed E-state index contributed by atoms with van der Waals surface area (Å²) in [5.41, 5.74) is 4.32. The van der Waals surface area contributed by atoms with Crippen LogP contribution in [0.1, 0.15) is 32.6 Å². The van der Waals surface area contributed by atoms with Crippen molar-refractivity contribution in [3.63, 3.8) is 0 Å². The minimum atomic E-state index is -0.979. The highest BCUT2D eigenvalue weighted by Crippen LogP contribution is 2.56. The number of hydrogen-bond donors (Lipinski definition) is 0. The second-order valence-corrected chi connectivity index (χ2v) is 7.29. The number of nitrogens with zero attached hydrogens (tertiary/aromatic N) is 1. The van der Waals surface area contributed by atoms with Gasteiger partial charge in [0.25, 0.3) is 0 Å². The number of benzene rings is 3. The first-order valence-corrected chi connectivity index (χ1v) is 8.94. The van der Waals surface area contributed by atoms with Crippen LogP contribution >= 0.6 is 0 Å². The first kappa shape index (κ1) is 15.9. The fraction of sp³-hybridized carbons (Fsp3) is 0.174. The summed E-state index contributed by atoms with van der Waals surface area (Å²) < 4.78 is 12.4. The molecule has 3 aromatic rings. The van der Waals surface area contributed by atoms with Crippen molar-refractivity contribution in [3.05, 3.63) is 88.5 Å². The molecule has 2 aliphatic heterocycles. The molecule has 0 saturated carbocycles. The number of hydrogen-bond acceptors (Lipinski definition) is 4. The van der Waals surface area contributed by atoms with Gasteiger partial charge in [0.1, 0.15) is 11.5 Å². The zero-order chi connectivity index (χ0) is 18.8. The highest BCUT2D eigenvalue weighted by Gasteiger charge is 2.53. The van der Waals surface area contributed by atoms with Crippen molar-refractivity contribution in [1.82, 2.24) is 0 Å². The van der Waals surface area contributed by atoms with Crippen molar-refractivity contribution in [3.8, 4) is 11.5 Å². The minimum absolute atomic E-state index is 0.303. The summed E-state index contributed by atoms with van der Waals surface area (Å²) in [5.74, 6) is 1.12. The molecule has 134 valence electrons. The summed E-state index contributed by atoms with van der Waals surface area (Å²) in [4.78, 5) is 14.8. The standard InChI is InChI=1S/C23H19NO3/c1-14-8-11-20-19(12-14)23(17-7-5-4-6-16(17)22(25)27-23)18-10-9-15(24(2)3)13-21(18)26-20/h4-13H,1-3H3. The quantitative estimate of drug-likeness (QED) is 0.595. The molecule has 0 fully saturated rings. The molecule has 3 aromatic carbocycles. The molecule has 0 bridgehead atoms. The Labute approximate surface area is 158 Å². The van der Waals surface area contributed by atoms with Crippen LogP contribution in [0.4, 0.5) is 5.69 Å². The number of esters is 1. The molecule has 0 radical (unpaired) electrons. The Hall–Kier alpha value is -3.27. The van der Waals surface area contributed by atoms with E-state index in [1.807, 2.05) is 86.6 Å². The number of aryl methyl sites for hydroxylation is 1. The Kier molecular flexibility index (Phi) is 3.17. The lowest BCUT2D eigenvalue weighted by Gasteiger charge is -2.37. The summed E-state index contributed by atoms with van der Waals surface area (Å²) >= 11 is 0. The van der Waals surface area contributed by atoms with Gasteiger partial charge in [-0.2, -0.15) is 0 Å². The molecule has 0 N–H and O–H groups in total. The van der Waals surface area contributed by atoms with Gasteiger partial charge in [-0.05, 0) is 37.3 Å². The average molecular weight is 357 g/mol. The summed E-state index contributed by atoms with van der Waals surface area (Å²) in [6, 6.07) is 19.6. The summed E-state index contributed by atoms with van der Waals surface area (Å²) in [5, 5.41) is 0. The largest absolute Gasteiger partial charge is 0.456 e. The first-order valence-electron chi connectivity index (χ1n) is 8.94. The monoisotopic (exact) mass is 357 g/mol. The van der Waals surface area contributed by atoms with Crippen LogP contribution in [0, 0.1) is 6.92 Å². The number of rotatable bonds is 1. The van der Waals surface area contributed by atoms with Gasteiger partial charge in [0.05, 0.1) is 5.56 Å². The van der Waals surface area contributed by atoms with Gasteiger partial charge < -0.3 is 14.4 Å². The SMILES string of the molecule is Cc1ccc2c(c1)C1(OC(=O)c3ccccc31)c1ccc(N(C)C)cc1O2. The average Bonchev–Trinajstić information content (AvgIpc) is 2.96. The van der Waals surface area contributed by atoms with E-state index in [1.165, 1.54) is 0 Å². The van der Waals surface area contributed by atoms with E-state index >= 15 is 0 Å². The number of anilines is 1. The van der Waals surface area contributed by atoms with E-state index in [0.29, 0.717) is 17.1 Å². The molecule has 2 heterocycles. The number of ether oxygens (including phenoxy) is 2. The van der Waals surface area contributed by atoms with Crippen LogP contribution in [0.3, 0.4) is 0 Å². The van der Waals surface area contributed by atoms with Gasteiger partial charge >= 0.3 is 5.97 Å². The predicted molar refractivity (Wildman–Crippen MR) is 104 cm³/mol. The molecule has 27 heavy (non-hydrogen) atoms. The fourth-order valence-electron chi connectivity index (χ4n) is 4.05. The van der Waals surface area contributed by atoms with E-state index in [1.54, 1.807) is 0 Å². The van der Waals surface area contributed by atoms with Gasteiger partial charge in [-0.1, -0.05) is 29.8 Å². The van der Waals surface area contributed by atoms with Gasteiger partial charge in [0.15, 0.2) is 5.60 Å². The van der Waals surface area contributed by atoms with Gasteiger partial charge in [-0.25, -0.2) is 4.79 Å². The van der Waals surface area contributed by atoms with Crippen LogP contribution in [-0.4, -0.2) is 20.1 Å². The third-order valence-corrected chi connectivity index (χ3v) is 5.37. The molecule has 0 aliphatic carbocycles. The zero-order valence-corrected chi connectivity index (χ0v) is 15.4. The van der Waals surface area contributed by atoms with Crippen molar-refractivity contribution < 1.29 is 14.3 Å². The maximum Gasteiger partial charge on any atom is 0.340 e. The third-order valence-electron chi connectivity index (χ3n) is 5.37. The first-order chi connectivity index (χ1) is 13.0. The number of fused-ring (bicyclic) bond motifs is 6. The molecule has 5 rings (SSSR count). The predicted octanol–water partition coefficient (Wildman–Crippen LogP) is 4.63. The molecule has 2 aliphatic rings. The Morgan fingerprint density at radius 2 is 1.67 bits per heavy atom. The highest BCUT2D eigenvalue weighted by molar-refractivity contribution is 5.97. The molecule has 1 spiro atoms. The second kappa shape index (κ2) is 5.36. The van der Waals surface area contributed by atoms with Gasteiger partial charge in [-0.15, -0.1) is 0 Å². The topological polar surface area (TPSA) is 38.8 Å². The van der Waals surface area contributed by atoms with Crippen molar-refractivity contribution >= 4 is 11.7 Å². The normalized spacial score (nSPS) is 19.0. The van der Waals surface area contributed by atoms with Crippen molar-refractivity contribution in [1.29, 1.82) is 0 Å². The summed E-state index contributed by atoms with van der Waals surface area (Å²) in [6.45, 7) is 2.03. The molecule has 4 nitrogen and oxygen atoms in total. The number of carbonyl (C=O) groups excluding carboxylic acids is 1. The number of carbonyl (C=O) groups is 1. The Morgan fingerprint density at radius 1 is 0.852 bits per heavy atom. The van der Waals surface area contributed by atoms with E-state index in [-0.39, 0.29) is 5.97 Å². The maximum atomic E-state index is 12.7. The highest BCUT2D eigenvalue weighted by atomic mass is 16.6. The minimum Gasteiger partial charge on any atom is -0.456 e. The van der Waals surface area contributed by atoms with Crippen LogP contribution in [-0.2, 0) is 10.3 Å². The smallest absolute Gasteiger partial charge is 0.340 e. The van der Waals surface area contributed by atoms with Crippen LogP contribution < -0.4 is 9.64 Å². The lowest BCUT2D eigenvalue weighted by atomic mass is 9.77. The Bertz CT molecular complexity index is 1100. The summed E-state index contributed by atoms with van der Waals surface area (Å²) in [6.07, 6.45) is 0. The van der Waals surface area contributed by atoms with Crippen molar-refractivity contribution in [2.24, 2.45) is 0 Å². The Morgan fingerprint density at radius 3 is 2.48 bits per heavy atom. The molecular formula is C23H19NO3. The van der Waals surface area contributed by atoms with Gasteiger partial charge in [-0.3, -0.25) is 0 Å². The summed E-state index contributed by atoms with van der Waals surface area (Å²) in [7, 11) is 3.98. The van der Waals surface area contributed by atoms with Gasteiger partial charge in [0, 0.05) is 42.5 Å². The lowest BCUT2D eigenvalue weighted by Crippen LogP contribution is -2.33. The van der Waals surface area contributed by atoms with Crippen LogP contribution in [0.2, 0.25) is 0 Å². The maximum absolute atomic E-state index is 12.7. The van der Waals surface area contributed by atoms with E-state index < -0.39 is 5.60 Å². The van der Waals surface area contributed by atoms with Crippen molar-refractivity contribution in [2.45, 2.75) is 12.5 Å². The lowest BCUT2D eigenvalue weighted by molar-refractivity contribution is 0.0224. The zero-order valence-electron chi connectivity index (χ0n) is 15.4. The van der Waals surface area contributed by atoms with E-state index in [2.05, 4.69) is 0 Å². The van der Waals surface area contributed by atoms with Crippen LogP contribution in [0.5, 0.6) is 11.5 Å². The molecule has 1 unspecified atom stereocenters. The molecule has 0 amide bonds. The van der Waals surface area contributed by atoms with Crippen LogP contribution in [0.25, 0.3) is 0 Å². The molecule has 4 heteroatoms. The van der Waals surface area contributed by atoms with Crippen LogP contribution in [0.15, 0.2) is 60.7 Å². The molecule has 0 saturated heterocycles. The van der Waals surface area contributed by atoms with Crippen molar-refractivity contribution in [2.75, 3.05) is 19.0 Å². The Balaban J connectivity index is 1.87.